The van der Waals surface area contributed by atoms with Gasteiger partial charge in [-0.1, -0.05) is 37.5 Å². The van der Waals surface area contributed by atoms with Crippen LogP contribution in [0.15, 0.2) is 53.4 Å². The minimum Gasteiger partial charge on any atom is -0.326 e. The number of halogens is 3. The topological polar surface area (TPSA) is 58.2 Å². The Morgan fingerprint density at radius 1 is 0.967 bits per heavy atom. The third-order valence-corrected chi connectivity index (χ3v) is 5.95. The zero-order chi connectivity index (χ0) is 21.6. The van der Waals surface area contributed by atoms with Gasteiger partial charge in [-0.15, -0.1) is 11.8 Å². The molecular formula is C22H23F3N2O2S. The van der Waals surface area contributed by atoms with E-state index in [1.165, 1.54) is 36.4 Å². The summed E-state index contributed by atoms with van der Waals surface area (Å²) in [6.45, 7) is 0. The maximum atomic E-state index is 13.0. The monoisotopic (exact) mass is 436 g/mol. The second-order valence-electron chi connectivity index (χ2n) is 7.23. The van der Waals surface area contributed by atoms with Crippen molar-refractivity contribution < 1.29 is 22.8 Å². The highest BCUT2D eigenvalue weighted by Crippen LogP contribution is 2.34. The van der Waals surface area contributed by atoms with Crippen molar-refractivity contribution in [1.82, 2.24) is 0 Å². The highest BCUT2D eigenvalue weighted by Gasteiger charge is 2.33. The van der Waals surface area contributed by atoms with E-state index in [4.69, 9.17) is 0 Å². The summed E-state index contributed by atoms with van der Waals surface area (Å²) in [4.78, 5) is 25.3. The second-order valence-corrected chi connectivity index (χ2v) is 8.28. The largest absolute Gasteiger partial charge is 0.418 e. The van der Waals surface area contributed by atoms with Crippen molar-refractivity contribution in [3.05, 3.63) is 54.1 Å². The number of nitrogens with one attached hydrogen (secondary N) is 2. The molecule has 2 aromatic carbocycles. The first kappa shape index (κ1) is 22.2. The highest BCUT2D eigenvalue weighted by atomic mass is 32.2. The number of anilines is 2. The van der Waals surface area contributed by atoms with E-state index in [9.17, 15) is 22.8 Å². The van der Waals surface area contributed by atoms with Crippen LogP contribution >= 0.6 is 11.8 Å². The van der Waals surface area contributed by atoms with Crippen LogP contribution in [0.3, 0.4) is 0 Å². The zero-order valence-corrected chi connectivity index (χ0v) is 17.1. The smallest absolute Gasteiger partial charge is 0.326 e. The summed E-state index contributed by atoms with van der Waals surface area (Å²) in [7, 11) is 0. The molecule has 1 aliphatic rings. The third kappa shape index (κ3) is 6.26. The number of hydrogen-bond donors (Lipinski definition) is 2. The number of benzene rings is 2. The van der Waals surface area contributed by atoms with Gasteiger partial charge in [-0.05, 0) is 43.2 Å². The van der Waals surface area contributed by atoms with Crippen LogP contribution in [-0.4, -0.2) is 17.6 Å². The Hall–Kier alpha value is -2.48. The quantitative estimate of drug-likeness (QED) is 0.550. The predicted octanol–water partition coefficient (Wildman–Crippen LogP) is 5.96. The van der Waals surface area contributed by atoms with Crippen LogP contribution in [0.4, 0.5) is 24.5 Å². The van der Waals surface area contributed by atoms with Gasteiger partial charge in [0.25, 0.3) is 0 Å². The van der Waals surface area contributed by atoms with E-state index >= 15 is 0 Å². The lowest BCUT2D eigenvalue weighted by Gasteiger charge is -2.20. The third-order valence-electron chi connectivity index (χ3n) is 4.95. The van der Waals surface area contributed by atoms with E-state index in [0.29, 0.717) is 5.69 Å². The molecule has 0 radical (unpaired) electrons. The molecule has 1 aliphatic carbocycles. The fraction of sp³-hybridized carbons (Fsp3) is 0.364. The summed E-state index contributed by atoms with van der Waals surface area (Å²) < 4.78 is 39.1. The van der Waals surface area contributed by atoms with Gasteiger partial charge in [0.15, 0.2) is 0 Å². The number of alkyl halides is 3. The van der Waals surface area contributed by atoms with Crippen molar-refractivity contribution in [2.75, 3.05) is 16.4 Å². The molecule has 0 saturated heterocycles. The Morgan fingerprint density at radius 2 is 1.70 bits per heavy atom. The van der Waals surface area contributed by atoms with Crippen molar-refractivity contribution in [2.45, 2.75) is 43.2 Å². The molecule has 1 saturated carbocycles. The lowest BCUT2D eigenvalue weighted by Crippen LogP contribution is -2.24. The van der Waals surface area contributed by atoms with Crippen molar-refractivity contribution in [2.24, 2.45) is 5.92 Å². The molecule has 4 nitrogen and oxygen atoms in total. The highest BCUT2D eigenvalue weighted by molar-refractivity contribution is 8.00. The maximum Gasteiger partial charge on any atom is 0.418 e. The molecule has 160 valence electrons. The first-order valence-electron chi connectivity index (χ1n) is 9.83. The van der Waals surface area contributed by atoms with Crippen LogP contribution in [-0.2, 0) is 15.8 Å². The van der Waals surface area contributed by atoms with Crippen molar-refractivity contribution in [3.63, 3.8) is 0 Å². The molecule has 0 spiro atoms. The maximum absolute atomic E-state index is 13.0. The molecule has 30 heavy (non-hydrogen) atoms. The summed E-state index contributed by atoms with van der Waals surface area (Å²) in [6, 6.07) is 12.0. The molecule has 0 aromatic heterocycles. The lowest BCUT2D eigenvalue weighted by molar-refractivity contribution is -0.137. The fourth-order valence-electron chi connectivity index (χ4n) is 3.45. The number of amides is 2. The molecule has 3 rings (SSSR count). The van der Waals surface area contributed by atoms with E-state index in [2.05, 4.69) is 10.6 Å². The van der Waals surface area contributed by atoms with E-state index < -0.39 is 17.6 Å². The van der Waals surface area contributed by atoms with Gasteiger partial charge in [-0.3, -0.25) is 9.59 Å². The van der Waals surface area contributed by atoms with E-state index in [1.807, 2.05) is 0 Å². The standard InChI is InChI=1S/C22H23F3N2O2S/c23-22(24,25)18-11-4-5-12-19(18)27-20(28)14-30-17-10-6-9-16(13-17)26-21(29)15-7-2-1-3-8-15/h4-6,9-13,15H,1-3,7-8,14H2,(H,26,29)(H,27,28). The van der Waals surface area contributed by atoms with Gasteiger partial charge in [0.2, 0.25) is 11.8 Å². The van der Waals surface area contributed by atoms with Gasteiger partial charge >= 0.3 is 6.18 Å². The van der Waals surface area contributed by atoms with Gasteiger partial charge in [0, 0.05) is 16.5 Å². The Bertz CT molecular complexity index is 896. The van der Waals surface area contributed by atoms with Crippen LogP contribution in [0.25, 0.3) is 0 Å². The summed E-state index contributed by atoms with van der Waals surface area (Å²) >= 11 is 1.19. The van der Waals surface area contributed by atoms with Gasteiger partial charge in [0.1, 0.15) is 0 Å². The van der Waals surface area contributed by atoms with Crippen LogP contribution < -0.4 is 10.6 Å². The first-order valence-corrected chi connectivity index (χ1v) is 10.8. The molecule has 1 fully saturated rings. The Morgan fingerprint density at radius 3 is 2.43 bits per heavy atom. The Kier molecular flexibility index (Phi) is 7.42. The number of rotatable bonds is 6. The molecule has 0 heterocycles. The van der Waals surface area contributed by atoms with Gasteiger partial charge in [-0.2, -0.15) is 13.2 Å². The molecular weight excluding hydrogens is 413 g/mol. The summed E-state index contributed by atoms with van der Waals surface area (Å²) in [6.07, 6.45) is 0.577. The number of carbonyl (C=O) groups is 2. The van der Waals surface area contributed by atoms with Crippen LogP contribution in [0.1, 0.15) is 37.7 Å². The average Bonchev–Trinajstić information content (AvgIpc) is 2.73. The number of thioether (sulfide) groups is 1. The van der Waals surface area contributed by atoms with Gasteiger partial charge in [-0.25, -0.2) is 0 Å². The molecule has 0 atom stereocenters. The Labute approximate surface area is 177 Å². The number of carbonyl (C=O) groups excluding carboxylic acids is 2. The van der Waals surface area contributed by atoms with E-state index in [0.717, 1.165) is 36.6 Å². The van der Waals surface area contributed by atoms with E-state index in [1.54, 1.807) is 24.3 Å². The number of hydrogen-bond acceptors (Lipinski definition) is 3. The SMILES string of the molecule is O=C(CSc1cccc(NC(=O)C2CCCCC2)c1)Nc1ccccc1C(F)(F)F. The molecule has 2 N–H and O–H groups in total. The van der Waals surface area contributed by atoms with E-state index in [-0.39, 0.29) is 23.3 Å². The molecule has 0 unspecified atom stereocenters. The summed E-state index contributed by atoms with van der Waals surface area (Å²) in [5.74, 6) is -0.534. The van der Waals surface area contributed by atoms with Gasteiger partial charge in [0.05, 0.1) is 17.0 Å². The second kappa shape index (κ2) is 10.0. The lowest BCUT2D eigenvalue weighted by atomic mass is 9.88. The first-order chi connectivity index (χ1) is 14.3. The molecule has 2 aromatic rings. The molecule has 8 heteroatoms. The average molecular weight is 436 g/mol. The van der Waals surface area contributed by atoms with Crippen LogP contribution in [0, 0.1) is 5.92 Å². The molecule has 0 aliphatic heterocycles. The summed E-state index contributed by atoms with van der Waals surface area (Å²) in [5.41, 5.74) is -0.488. The fourth-order valence-corrected chi connectivity index (χ4v) is 4.20. The molecule has 2 amide bonds. The van der Waals surface area contributed by atoms with Crippen molar-refractivity contribution in [3.8, 4) is 0 Å². The minimum atomic E-state index is -4.54. The van der Waals surface area contributed by atoms with Crippen LogP contribution in [0.5, 0.6) is 0 Å². The normalized spacial score (nSPS) is 14.9. The van der Waals surface area contributed by atoms with Crippen LogP contribution in [0.2, 0.25) is 0 Å². The predicted molar refractivity (Wildman–Crippen MR) is 112 cm³/mol. The summed E-state index contributed by atoms with van der Waals surface area (Å²) in [5, 5.41) is 5.25. The Balaban J connectivity index is 1.55. The molecule has 0 bridgehead atoms. The van der Waals surface area contributed by atoms with Crippen molar-refractivity contribution >= 4 is 35.0 Å². The van der Waals surface area contributed by atoms with Crippen molar-refractivity contribution in [1.29, 1.82) is 0 Å². The number of para-hydroxylation sites is 1. The van der Waals surface area contributed by atoms with Gasteiger partial charge < -0.3 is 10.6 Å². The zero-order valence-electron chi connectivity index (χ0n) is 16.3. The minimum absolute atomic E-state index is 0.0124.